The number of halogens is 3. The molecule has 0 atom stereocenters. The number of hydrogen-bond donors (Lipinski definition) is 2. The number of nitro benzene ring substituents is 1. The third-order valence-corrected chi connectivity index (χ3v) is 6.02. The van der Waals surface area contributed by atoms with E-state index in [4.69, 9.17) is 11.6 Å². The zero-order valence-corrected chi connectivity index (χ0v) is 19.9. The van der Waals surface area contributed by atoms with Gasteiger partial charge in [0, 0.05) is 46.5 Å². The van der Waals surface area contributed by atoms with Gasteiger partial charge in [0.2, 0.25) is 0 Å². The second kappa shape index (κ2) is 12.2. The van der Waals surface area contributed by atoms with E-state index in [2.05, 4.69) is 15.6 Å². The first kappa shape index (κ1) is 26.1. The first-order valence-corrected chi connectivity index (χ1v) is 10.7. The molecule has 1 aliphatic carbocycles. The Morgan fingerprint density at radius 2 is 1.69 bits per heavy atom. The van der Waals surface area contributed by atoms with Gasteiger partial charge in [-0.15, -0.1) is 24.8 Å². The van der Waals surface area contributed by atoms with Gasteiger partial charge < -0.3 is 10.6 Å². The number of pyridine rings is 1. The molecule has 1 fully saturated rings. The van der Waals surface area contributed by atoms with Crippen molar-refractivity contribution in [2.75, 3.05) is 11.9 Å². The normalized spacial score (nSPS) is 17.8. The smallest absolute Gasteiger partial charge is 0.269 e. The summed E-state index contributed by atoms with van der Waals surface area (Å²) >= 11 is 6.08. The first-order chi connectivity index (χ1) is 14.6. The number of aromatic nitrogens is 1. The van der Waals surface area contributed by atoms with Gasteiger partial charge >= 0.3 is 0 Å². The second-order valence-corrected chi connectivity index (χ2v) is 8.28. The van der Waals surface area contributed by atoms with Crippen LogP contribution in [0, 0.1) is 10.1 Å². The summed E-state index contributed by atoms with van der Waals surface area (Å²) in [6.07, 6.45) is 7.20. The van der Waals surface area contributed by atoms with Gasteiger partial charge in [-0.2, -0.15) is 0 Å². The monoisotopic (exact) mass is 496 g/mol. The van der Waals surface area contributed by atoms with E-state index >= 15 is 0 Å². The van der Waals surface area contributed by atoms with E-state index in [9.17, 15) is 10.1 Å². The fourth-order valence-corrected chi connectivity index (χ4v) is 4.28. The van der Waals surface area contributed by atoms with Crippen LogP contribution in [0.1, 0.15) is 31.2 Å². The van der Waals surface area contributed by atoms with E-state index in [1.807, 2.05) is 42.6 Å². The third-order valence-electron chi connectivity index (χ3n) is 5.79. The lowest BCUT2D eigenvalue weighted by molar-refractivity contribution is -0.384. The molecule has 0 saturated heterocycles. The maximum Gasteiger partial charge on any atom is 0.269 e. The topological polar surface area (TPSA) is 80.1 Å². The molecule has 0 bridgehead atoms. The maximum absolute atomic E-state index is 10.7. The van der Waals surface area contributed by atoms with Crippen LogP contribution >= 0.6 is 36.4 Å². The number of nitro groups is 1. The number of fused-ring (bicyclic) bond motifs is 1. The summed E-state index contributed by atoms with van der Waals surface area (Å²) < 4.78 is 0. The number of nitrogens with zero attached hydrogens (tertiary/aromatic N) is 2. The van der Waals surface area contributed by atoms with Crippen LogP contribution in [0.5, 0.6) is 0 Å². The number of anilines is 1. The minimum atomic E-state index is -0.363. The molecule has 2 aromatic carbocycles. The zero-order valence-electron chi connectivity index (χ0n) is 17.5. The highest BCUT2D eigenvalue weighted by Crippen LogP contribution is 2.28. The van der Waals surface area contributed by atoms with E-state index < -0.39 is 0 Å². The van der Waals surface area contributed by atoms with E-state index in [0.29, 0.717) is 17.1 Å². The lowest BCUT2D eigenvalue weighted by Gasteiger charge is -2.30. The van der Waals surface area contributed by atoms with Crippen molar-refractivity contribution in [1.29, 1.82) is 0 Å². The molecule has 1 aromatic heterocycles. The Labute approximate surface area is 205 Å². The summed E-state index contributed by atoms with van der Waals surface area (Å²) in [5, 5.41) is 19.9. The van der Waals surface area contributed by atoms with Gasteiger partial charge in [0.05, 0.1) is 10.4 Å². The molecule has 0 radical (unpaired) electrons. The summed E-state index contributed by atoms with van der Waals surface area (Å²) in [4.78, 5) is 14.8. The van der Waals surface area contributed by atoms with Crippen molar-refractivity contribution >= 4 is 58.7 Å². The van der Waals surface area contributed by atoms with E-state index in [1.54, 1.807) is 12.1 Å². The van der Waals surface area contributed by atoms with Gasteiger partial charge in [0.15, 0.2) is 0 Å². The number of nitrogens with one attached hydrogen (secondary N) is 2. The number of non-ortho nitro benzene ring substituents is 1. The van der Waals surface area contributed by atoms with E-state index in [-0.39, 0.29) is 35.4 Å². The van der Waals surface area contributed by atoms with Crippen molar-refractivity contribution in [2.24, 2.45) is 0 Å². The van der Waals surface area contributed by atoms with Crippen LogP contribution in [-0.2, 0) is 6.42 Å². The molecule has 0 unspecified atom stereocenters. The molecular weight excluding hydrogens is 471 g/mol. The average Bonchev–Trinajstić information content (AvgIpc) is 2.75. The molecule has 172 valence electrons. The molecule has 0 amide bonds. The minimum absolute atomic E-state index is 0. The molecule has 0 spiro atoms. The van der Waals surface area contributed by atoms with Crippen molar-refractivity contribution in [3.05, 3.63) is 75.4 Å². The number of benzene rings is 2. The zero-order chi connectivity index (χ0) is 20.9. The lowest BCUT2D eigenvalue weighted by atomic mass is 9.90. The van der Waals surface area contributed by atoms with Gasteiger partial charge in [0.25, 0.3) is 5.69 Å². The Balaban J connectivity index is 0.00000181. The largest absolute Gasteiger partial charge is 0.382 e. The highest BCUT2D eigenvalue weighted by atomic mass is 35.5. The summed E-state index contributed by atoms with van der Waals surface area (Å²) in [6.45, 7) is 0.885. The Bertz CT molecular complexity index is 1030. The summed E-state index contributed by atoms with van der Waals surface area (Å²) in [7, 11) is 0. The molecule has 4 rings (SSSR count). The van der Waals surface area contributed by atoms with Crippen molar-refractivity contribution in [3.8, 4) is 0 Å². The van der Waals surface area contributed by atoms with Crippen molar-refractivity contribution < 1.29 is 4.92 Å². The Morgan fingerprint density at radius 3 is 2.38 bits per heavy atom. The predicted octanol–water partition coefficient (Wildman–Crippen LogP) is 6.20. The van der Waals surface area contributed by atoms with Gasteiger partial charge in [-0.25, -0.2) is 0 Å². The fraction of sp³-hybridized carbons (Fsp3) is 0.348. The molecule has 3 aromatic rings. The van der Waals surface area contributed by atoms with Crippen molar-refractivity contribution in [2.45, 2.75) is 44.2 Å². The molecular formula is C23H27Cl3N4O2. The van der Waals surface area contributed by atoms with Crippen LogP contribution in [-0.4, -0.2) is 28.5 Å². The van der Waals surface area contributed by atoms with Gasteiger partial charge in [-0.3, -0.25) is 15.1 Å². The predicted molar refractivity (Wildman–Crippen MR) is 136 cm³/mol. The van der Waals surface area contributed by atoms with Gasteiger partial charge in [0.1, 0.15) is 0 Å². The highest BCUT2D eigenvalue weighted by Gasteiger charge is 2.21. The van der Waals surface area contributed by atoms with Gasteiger partial charge in [-0.05, 0) is 68.5 Å². The highest BCUT2D eigenvalue weighted by molar-refractivity contribution is 6.31. The number of hydrogen-bond acceptors (Lipinski definition) is 5. The molecule has 9 heteroatoms. The average molecular weight is 498 g/mol. The quantitative estimate of drug-likeness (QED) is 0.300. The summed E-state index contributed by atoms with van der Waals surface area (Å²) in [5.41, 5.74) is 3.29. The van der Waals surface area contributed by atoms with E-state index in [0.717, 1.165) is 60.8 Å². The fourth-order valence-electron chi connectivity index (χ4n) is 4.11. The molecule has 1 saturated carbocycles. The van der Waals surface area contributed by atoms with Crippen LogP contribution in [0.3, 0.4) is 0 Å². The summed E-state index contributed by atoms with van der Waals surface area (Å²) in [6, 6.07) is 15.7. The standard InChI is InChI=1S/C23H25ClN4O2.2ClH/c24-17-3-10-21-22(12-14-26-23(21)15-17)27-19-6-4-18(5-7-19)25-13-11-16-1-8-20(9-2-16)28(29)30;;/h1-3,8-10,12,14-15,18-19,25H,4-7,11,13H2,(H,26,27);2*1H/t18-,19-;;. The van der Waals surface area contributed by atoms with Crippen LogP contribution < -0.4 is 10.6 Å². The van der Waals surface area contributed by atoms with Crippen LogP contribution in [0.4, 0.5) is 11.4 Å². The Kier molecular flexibility index (Phi) is 9.97. The molecule has 6 nitrogen and oxygen atoms in total. The van der Waals surface area contributed by atoms with Gasteiger partial charge in [-0.1, -0.05) is 23.7 Å². The maximum atomic E-state index is 10.7. The lowest BCUT2D eigenvalue weighted by Crippen LogP contribution is -2.37. The van der Waals surface area contributed by atoms with E-state index in [1.165, 1.54) is 0 Å². The summed E-state index contributed by atoms with van der Waals surface area (Å²) in [5.74, 6) is 0. The molecule has 0 aliphatic heterocycles. The van der Waals surface area contributed by atoms with Crippen LogP contribution in [0.15, 0.2) is 54.7 Å². The second-order valence-electron chi connectivity index (χ2n) is 7.84. The SMILES string of the molecule is Cl.Cl.O=[N+]([O-])c1ccc(CCN[C@H]2CC[C@H](Nc3ccnc4cc(Cl)ccc34)CC2)cc1. The number of rotatable bonds is 7. The van der Waals surface area contributed by atoms with Crippen molar-refractivity contribution in [1.82, 2.24) is 10.3 Å². The molecule has 2 N–H and O–H groups in total. The molecule has 1 aliphatic rings. The van der Waals surface area contributed by atoms with Crippen LogP contribution in [0.25, 0.3) is 10.9 Å². The Morgan fingerprint density at radius 1 is 1.00 bits per heavy atom. The minimum Gasteiger partial charge on any atom is -0.382 e. The third kappa shape index (κ3) is 6.69. The first-order valence-electron chi connectivity index (χ1n) is 10.4. The van der Waals surface area contributed by atoms with Crippen LogP contribution in [0.2, 0.25) is 5.02 Å². The Hall–Kier alpha value is -2.12. The van der Waals surface area contributed by atoms with Crippen molar-refractivity contribution in [3.63, 3.8) is 0 Å². The molecule has 1 heterocycles. The molecule has 32 heavy (non-hydrogen) atoms.